The average Bonchev–Trinajstić information content (AvgIpc) is 2.63. The molecular formula is C20H16ClN3O. The Morgan fingerprint density at radius 3 is 2.08 bits per heavy atom. The summed E-state index contributed by atoms with van der Waals surface area (Å²) in [5.41, 5.74) is 1.93. The summed E-state index contributed by atoms with van der Waals surface area (Å²) in [4.78, 5) is 17.0. The van der Waals surface area contributed by atoms with Gasteiger partial charge in [0.1, 0.15) is 0 Å². The Balaban J connectivity index is 1.87. The second-order valence-corrected chi connectivity index (χ2v) is 5.63. The largest absolute Gasteiger partial charge is 0.326 e. The minimum absolute atomic E-state index is 0.322. The Hall–Kier alpha value is -3.11. The third-order valence-corrected chi connectivity index (χ3v) is 3.71. The van der Waals surface area contributed by atoms with Gasteiger partial charge in [0.15, 0.2) is 0 Å². The highest BCUT2D eigenvalue weighted by atomic mass is 35.5. The lowest BCUT2D eigenvalue weighted by molar-refractivity contribution is 0.0977. The molecule has 0 atom stereocenters. The summed E-state index contributed by atoms with van der Waals surface area (Å²) >= 11 is 6.10. The number of aliphatic imine (C=N–C) groups is 1. The van der Waals surface area contributed by atoms with Crippen molar-refractivity contribution >= 4 is 34.8 Å². The molecule has 3 aromatic carbocycles. The number of para-hydroxylation sites is 2. The van der Waals surface area contributed by atoms with E-state index in [1.807, 2.05) is 60.7 Å². The monoisotopic (exact) mass is 349 g/mol. The van der Waals surface area contributed by atoms with E-state index < -0.39 is 0 Å². The lowest BCUT2D eigenvalue weighted by Gasteiger charge is -2.12. The Morgan fingerprint density at radius 2 is 1.40 bits per heavy atom. The molecule has 0 aliphatic heterocycles. The van der Waals surface area contributed by atoms with E-state index in [1.54, 1.807) is 24.3 Å². The molecule has 3 rings (SSSR count). The lowest BCUT2D eigenvalue weighted by atomic mass is 10.2. The van der Waals surface area contributed by atoms with Gasteiger partial charge in [-0.2, -0.15) is 0 Å². The standard InChI is InChI=1S/C20H16ClN3O/c21-18-14-8-7-13-17(18)19(25)24-20(22-15-9-3-1-4-10-15)23-16-11-5-2-6-12-16/h1-14H,(H2,22,23,24,25). The molecule has 2 N–H and O–H groups in total. The summed E-state index contributed by atoms with van der Waals surface area (Å²) in [6.07, 6.45) is 0. The zero-order chi connectivity index (χ0) is 17.5. The van der Waals surface area contributed by atoms with Crippen LogP contribution in [0.2, 0.25) is 5.02 Å². The molecule has 25 heavy (non-hydrogen) atoms. The fraction of sp³-hybridized carbons (Fsp3) is 0. The van der Waals surface area contributed by atoms with Crippen molar-refractivity contribution in [2.45, 2.75) is 0 Å². The van der Waals surface area contributed by atoms with Crippen molar-refractivity contribution in [3.8, 4) is 0 Å². The molecule has 5 heteroatoms. The first-order valence-electron chi connectivity index (χ1n) is 7.74. The number of amides is 1. The number of nitrogens with one attached hydrogen (secondary N) is 2. The molecule has 0 radical (unpaired) electrons. The average molecular weight is 350 g/mol. The first kappa shape index (κ1) is 16.7. The highest BCUT2D eigenvalue weighted by Crippen LogP contribution is 2.16. The zero-order valence-corrected chi connectivity index (χ0v) is 14.1. The van der Waals surface area contributed by atoms with Gasteiger partial charge in [-0.15, -0.1) is 0 Å². The number of nitrogens with zero attached hydrogens (tertiary/aromatic N) is 1. The molecule has 3 aromatic rings. The van der Waals surface area contributed by atoms with Crippen LogP contribution in [-0.2, 0) is 0 Å². The Bertz CT molecular complexity index is 880. The molecule has 0 bridgehead atoms. The van der Waals surface area contributed by atoms with Crippen molar-refractivity contribution in [3.05, 3.63) is 95.5 Å². The number of guanidine groups is 1. The minimum atomic E-state index is -0.330. The molecule has 0 saturated carbocycles. The van der Waals surface area contributed by atoms with Crippen molar-refractivity contribution in [2.24, 2.45) is 4.99 Å². The Morgan fingerprint density at radius 1 is 0.800 bits per heavy atom. The van der Waals surface area contributed by atoms with Gasteiger partial charge in [-0.05, 0) is 36.4 Å². The predicted octanol–water partition coefficient (Wildman–Crippen LogP) is 4.87. The second kappa shape index (κ2) is 8.13. The van der Waals surface area contributed by atoms with Gasteiger partial charge in [-0.25, -0.2) is 4.99 Å². The third-order valence-electron chi connectivity index (χ3n) is 3.38. The van der Waals surface area contributed by atoms with Crippen molar-refractivity contribution < 1.29 is 4.79 Å². The number of hydrogen-bond donors (Lipinski definition) is 2. The molecule has 0 heterocycles. The van der Waals surface area contributed by atoms with E-state index >= 15 is 0 Å². The summed E-state index contributed by atoms with van der Waals surface area (Å²) in [6, 6.07) is 25.8. The van der Waals surface area contributed by atoms with Crippen molar-refractivity contribution in [3.63, 3.8) is 0 Å². The predicted molar refractivity (Wildman–Crippen MR) is 103 cm³/mol. The quantitative estimate of drug-likeness (QED) is 0.523. The Kier molecular flexibility index (Phi) is 5.44. The van der Waals surface area contributed by atoms with Gasteiger partial charge in [-0.1, -0.05) is 60.1 Å². The number of benzene rings is 3. The van der Waals surface area contributed by atoms with Gasteiger partial charge in [0.2, 0.25) is 5.96 Å². The molecule has 0 spiro atoms. The van der Waals surface area contributed by atoms with E-state index in [1.165, 1.54) is 0 Å². The van der Waals surface area contributed by atoms with Crippen molar-refractivity contribution in [2.75, 3.05) is 5.32 Å². The smallest absolute Gasteiger partial charge is 0.259 e. The van der Waals surface area contributed by atoms with Gasteiger partial charge in [0.05, 0.1) is 16.3 Å². The topological polar surface area (TPSA) is 53.5 Å². The van der Waals surface area contributed by atoms with Crippen LogP contribution in [0.5, 0.6) is 0 Å². The number of halogens is 1. The molecule has 4 nitrogen and oxygen atoms in total. The first-order valence-corrected chi connectivity index (χ1v) is 8.12. The van der Waals surface area contributed by atoms with Crippen molar-refractivity contribution in [1.82, 2.24) is 5.32 Å². The highest BCUT2D eigenvalue weighted by Gasteiger charge is 2.12. The number of anilines is 1. The van der Waals surface area contributed by atoms with Gasteiger partial charge in [-0.3, -0.25) is 10.1 Å². The first-order chi connectivity index (χ1) is 12.2. The normalized spacial score (nSPS) is 11.0. The van der Waals surface area contributed by atoms with E-state index in [9.17, 15) is 4.79 Å². The molecule has 0 saturated heterocycles. The molecule has 124 valence electrons. The van der Waals surface area contributed by atoms with Gasteiger partial charge in [0.25, 0.3) is 5.91 Å². The summed E-state index contributed by atoms with van der Waals surface area (Å²) in [7, 11) is 0. The van der Waals surface area contributed by atoms with Crippen LogP contribution in [0.3, 0.4) is 0 Å². The number of carbonyl (C=O) groups excluding carboxylic acids is 1. The lowest BCUT2D eigenvalue weighted by Crippen LogP contribution is -2.36. The molecule has 0 aliphatic rings. The van der Waals surface area contributed by atoms with Crippen LogP contribution in [0.15, 0.2) is 89.9 Å². The van der Waals surface area contributed by atoms with E-state index in [0.29, 0.717) is 16.5 Å². The SMILES string of the molecule is O=C(NC(=Nc1ccccc1)Nc1ccccc1)c1ccccc1Cl. The van der Waals surface area contributed by atoms with Crippen LogP contribution in [0.4, 0.5) is 11.4 Å². The number of rotatable bonds is 3. The zero-order valence-electron chi connectivity index (χ0n) is 13.3. The molecule has 0 aromatic heterocycles. The Labute approximate surface area is 151 Å². The number of hydrogen-bond acceptors (Lipinski definition) is 2. The number of carbonyl (C=O) groups is 1. The van der Waals surface area contributed by atoms with Crippen LogP contribution in [0.1, 0.15) is 10.4 Å². The third kappa shape index (κ3) is 4.68. The summed E-state index contributed by atoms with van der Waals surface area (Å²) in [6.45, 7) is 0. The van der Waals surface area contributed by atoms with Crippen LogP contribution in [0.25, 0.3) is 0 Å². The van der Waals surface area contributed by atoms with Crippen molar-refractivity contribution in [1.29, 1.82) is 0 Å². The maximum Gasteiger partial charge on any atom is 0.259 e. The van der Waals surface area contributed by atoms with E-state index in [-0.39, 0.29) is 5.91 Å². The van der Waals surface area contributed by atoms with Gasteiger partial charge >= 0.3 is 0 Å². The maximum atomic E-state index is 12.5. The van der Waals surface area contributed by atoms with E-state index in [2.05, 4.69) is 15.6 Å². The fourth-order valence-electron chi connectivity index (χ4n) is 2.20. The molecule has 0 unspecified atom stereocenters. The molecule has 1 amide bonds. The fourth-order valence-corrected chi connectivity index (χ4v) is 2.42. The minimum Gasteiger partial charge on any atom is -0.326 e. The van der Waals surface area contributed by atoms with E-state index in [0.717, 1.165) is 11.4 Å². The molecule has 0 fully saturated rings. The summed E-state index contributed by atoms with van der Waals surface area (Å²) in [5.74, 6) is -0.00830. The summed E-state index contributed by atoms with van der Waals surface area (Å²) in [5, 5.41) is 6.30. The molecule has 0 aliphatic carbocycles. The van der Waals surface area contributed by atoms with E-state index in [4.69, 9.17) is 11.6 Å². The van der Waals surface area contributed by atoms with Crippen LogP contribution < -0.4 is 10.6 Å². The molecular weight excluding hydrogens is 334 g/mol. The van der Waals surface area contributed by atoms with Crippen LogP contribution >= 0.6 is 11.6 Å². The van der Waals surface area contributed by atoms with Gasteiger partial charge in [0, 0.05) is 5.69 Å². The van der Waals surface area contributed by atoms with Gasteiger partial charge < -0.3 is 5.32 Å². The highest BCUT2D eigenvalue weighted by molar-refractivity contribution is 6.34. The maximum absolute atomic E-state index is 12.5. The van der Waals surface area contributed by atoms with Crippen LogP contribution in [0, 0.1) is 0 Å². The summed E-state index contributed by atoms with van der Waals surface area (Å²) < 4.78 is 0. The van der Waals surface area contributed by atoms with Crippen LogP contribution in [-0.4, -0.2) is 11.9 Å². The second-order valence-electron chi connectivity index (χ2n) is 5.22.